The maximum atomic E-state index is 12.1. The fourth-order valence-corrected chi connectivity index (χ4v) is 2.88. The molecule has 23 heavy (non-hydrogen) atoms. The Kier molecular flexibility index (Phi) is 3.67. The summed E-state index contributed by atoms with van der Waals surface area (Å²) in [7, 11) is 0. The molecule has 0 saturated carbocycles. The number of rotatable bonds is 4. The van der Waals surface area contributed by atoms with Gasteiger partial charge in [0.2, 0.25) is 0 Å². The van der Waals surface area contributed by atoms with E-state index in [9.17, 15) is 14.4 Å². The van der Waals surface area contributed by atoms with Crippen LogP contribution in [0.1, 0.15) is 20.3 Å². The summed E-state index contributed by atoms with van der Waals surface area (Å²) in [6, 6.07) is 8.62. The SMILES string of the molecule is CC1(C)NC(=O)N(CCCn2ccc(=O)c3ccccc32)C1=O. The number of pyridine rings is 1. The van der Waals surface area contributed by atoms with Crippen molar-refractivity contribution in [2.75, 3.05) is 6.54 Å². The number of para-hydroxylation sites is 1. The summed E-state index contributed by atoms with van der Waals surface area (Å²) in [6.07, 6.45) is 2.38. The second-order valence-corrected chi connectivity index (χ2v) is 6.26. The van der Waals surface area contributed by atoms with Crippen molar-refractivity contribution in [1.82, 2.24) is 14.8 Å². The zero-order chi connectivity index (χ0) is 16.6. The van der Waals surface area contributed by atoms with Gasteiger partial charge in [-0.05, 0) is 32.4 Å². The van der Waals surface area contributed by atoms with Gasteiger partial charge >= 0.3 is 6.03 Å². The lowest BCUT2D eigenvalue weighted by Gasteiger charge is -2.16. The summed E-state index contributed by atoms with van der Waals surface area (Å²) >= 11 is 0. The maximum Gasteiger partial charge on any atom is 0.325 e. The summed E-state index contributed by atoms with van der Waals surface area (Å²) in [5.41, 5.74) is 0.0198. The van der Waals surface area contributed by atoms with E-state index in [0.29, 0.717) is 24.9 Å². The van der Waals surface area contributed by atoms with Gasteiger partial charge in [0.25, 0.3) is 5.91 Å². The summed E-state index contributed by atoms with van der Waals surface area (Å²) < 4.78 is 1.97. The fourth-order valence-electron chi connectivity index (χ4n) is 2.88. The topological polar surface area (TPSA) is 71.4 Å². The predicted octanol–water partition coefficient (Wildman–Crippen LogP) is 1.72. The van der Waals surface area contributed by atoms with Crippen LogP contribution < -0.4 is 10.7 Å². The minimum atomic E-state index is -0.832. The van der Waals surface area contributed by atoms with E-state index in [4.69, 9.17) is 0 Å². The largest absolute Gasteiger partial charge is 0.347 e. The molecule has 0 atom stereocenters. The number of amides is 3. The van der Waals surface area contributed by atoms with Crippen LogP contribution in [0.3, 0.4) is 0 Å². The molecule has 1 saturated heterocycles. The number of carbonyl (C=O) groups excluding carboxylic acids is 2. The van der Waals surface area contributed by atoms with Gasteiger partial charge < -0.3 is 9.88 Å². The summed E-state index contributed by atoms with van der Waals surface area (Å²) in [5.74, 6) is -0.202. The van der Waals surface area contributed by atoms with Crippen LogP contribution in [0.15, 0.2) is 41.3 Å². The lowest BCUT2D eigenvalue weighted by atomic mass is 10.1. The number of imide groups is 1. The quantitative estimate of drug-likeness (QED) is 0.874. The van der Waals surface area contributed by atoms with Crippen molar-refractivity contribution in [3.8, 4) is 0 Å². The molecule has 1 N–H and O–H groups in total. The van der Waals surface area contributed by atoms with Gasteiger partial charge in [0.05, 0.1) is 5.52 Å². The molecule has 1 aliphatic rings. The molecule has 0 unspecified atom stereocenters. The fraction of sp³-hybridized carbons (Fsp3) is 0.353. The molecule has 0 aliphatic carbocycles. The van der Waals surface area contributed by atoms with Gasteiger partial charge in [0.15, 0.2) is 5.43 Å². The summed E-state index contributed by atoms with van der Waals surface area (Å²) in [5, 5.41) is 3.34. The Morgan fingerprint density at radius 2 is 1.78 bits per heavy atom. The van der Waals surface area contributed by atoms with Gasteiger partial charge in [-0.15, -0.1) is 0 Å². The van der Waals surface area contributed by atoms with E-state index in [0.717, 1.165) is 5.52 Å². The molecule has 3 rings (SSSR count). The third-order valence-corrected chi connectivity index (χ3v) is 4.11. The van der Waals surface area contributed by atoms with Crippen molar-refractivity contribution in [3.05, 3.63) is 46.8 Å². The van der Waals surface area contributed by atoms with Gasteiger partial charge in [-0.2, -0.15) is 0 Å². The molecule has 120 valence electrons. The Hall–Kier alpha value is -2.63. The number of aromatic nitrogens is 1. The summed E-state index contributed by atoms with van der Waals surface area (Å²) in [6.45, 7) is 4.37. The first-order valence-corrected chi connectivity index (χ1v) is 7.62. The van der Waals surface area contributed by atoms with Gasteiger partial charge in [-0.1, -0.05) is 12.1 Å². The molecule has 2 aromatic rings. The van der Waals surface area contributed by atoms with Crippen LogP contribution in [0.25, 0.3) is 10.9 Å². The molecular formula is C17H19N3O3. The van der Waals surface area contributed by atoms with Crippen LogP contribution in [0.4, 0.5) is 4.79 Å². The third-order valence-electron chi connectivity index (χ3n) is 4.11. The zero-order valence-corrected chi connectivity index (χ0v) is 13.2. The average Bonchev–Trinajstić information content (AvgIpc) is 2.71. The standard InChI is InChI=1S/C17H19N3O3/c1-17(2)15(22)20(16(23)18-17)10-5-9-19-11-8-14(21)12-6-3-4-7-13(12)19/h3-4,6-8,11H,5,9-10H2,1-2H3,(H,18,23). The van der Waals surface area contributed by atoms with Crippen LogP contribution in [-0.4, -0.2) is 33.5 Å². The van der Waals surface area contributed by atoms with E-state index >= 15 is 0 Å². The van der Waals surface area contributed by atoms with Crippen molar-refractivity contribution >= 4 is 22.8 Å². The van der Waals surface area contributed by atoms with Crippen LogP contribution in [0.5, 0.6) is 0 Å². The highest BCUT2D eigenvalue weighted by molar-refractivity contribution is 6.06. The Bertz CT molecular complexity index is 838. The number of fused-ring (bicyclic) bond motifs is 1. The van der Waals surface area contributed by atoms with E-state index in [2.05, 4.69) is 5.32 Å². The van der Waals surface area contributed by atoms with E-state index in [1.165, 1.54) is 4.90 Å². The minimum Gasteiger partial charge on any atom is -0.347 e. The predicted molar refractivity (Wildman–Crippen MR) is 87.1 cm³/mol. The number of hydrogen-bond acceptors (Lipinski definition) is 3. The first-order valence-electron chi connectivity index (χ1n) is 7.62. The normalized spacial score (nSPS) is 16.9. The molecule has 0 spiro atoms. The van der Waals surface area contributed by atoms with Crippen molar-refractivity contribution in [3.63, 3.8) is 0 Å². The van der Waals surface area contributed by atoms with Gasteiger partial charge in [-0.25, -0.2) is 4.79 Å². The monoisotopic (exact) mass is 313 g/mol. The molecule has 0 bridgehead atoms. The lowest BCUT2D eigenvalue weighted by molar-refractivity contribution is -0.130. The number of nitrogens with zero attached hydrogens (tertiary/aromatic N) is 2. The molecule has 6 heteroatoms. The number of hydrogen-bond donors (Lipinski definition) is 1. The molecule has 0 radical (unpaired) electrons. The Morgan fingerprint density at radius 1 is 1.04 bits per heavy atom. The first kappa shape index (κ1) is 15.3. The molecular weight excluding hydrogens is 294 g/mol. The van der Waals surface area contributed by atoms with Crippen molar-refractivity contribution in [2.24, 2.45) is 0 Å². The maximum absolute atomic E-state index is 12.1. The highest BCUT2D eigenvalue weighted by Gasteiger charge is 2.43. The Labute approximate surface area is 133 Å². The van der Waals surface area contributed by atoms with E-state index in [1.807, 2.05) is 22.8 Å². The number of carbonyl (C=O) groups is 2. The van der Waals surface area contributed by atoms with E-state index < -0.39 is 5.54 Å². The van der Waals surface area contributed by atoms with Crippen LogP contribution in [0.2, 0.25) is 0 Å². The Morgan fingerprint density at radius 3 is 2.48 bits per heavy atom. The zero-order valence-electron chi connectivity index (χ0n) is 13.2. The number of urea groups is 1. The van der Waals surface area contributed by atoms with Crippen LogP contribution >= 0.6 is 0 Å². The molecule has 3 amide bonds. The molecule has 1 fully saturated rings. The number of benzene rings is 1. The third kappa shape index (κ3) is 2.72. The first-order chi connectivity index (χ1) is 10.9. The number of nitrogens with one attached hydrogen (secondary N) is 1. The van der Waals surface area contributed by atoms with Gasteiger partial charge in [0.1, 0.15) is 5.54 Å². The highest BCUT2D eigenvalue weighted by Crippen LogP contribution is 2.17. The van der Waals surface area contributed by atoms with E-state index in [-0.39, 0.29) is 17.4 Å². The van der Waals surface area contributed by atoms with Gasteiger partial charge in [0, 0.05) is 30.7 Å². The van der Waals surface area contributed by atoms with Crippen molar-refractivity contribution in [2.45, 2.75) is 32.4 Å². The second kappa shape index (κ2) is 5.53. The highest BCUT2D eigenvalue weighted by atomic mass is 16.2. The average molecular weight is 313 g/mol. The molecule has 1 aromatic heterocycles. The Balaban J connectivity index is 1.73. The van der Waals surface area contributed by atoms with Crippen LogP contribution in [0, 0.1) is 0 Å². The molecule has 1 aromatic carbocycles. The summed E-state index contributed by atoms with van der Waals surface area (Å²) in [4.78, 5) is 37.1. The van der Waals surface area contributed by atoms with Gasteiger partial charge in [-0.3, -0.25) is 14.5 Å². The lowest BCUT2D eigenvalue weighted by Crippen LogP contribution is -2.40. The van der Waals surface area contributed by atoms with Crippen molar-refractivity contribution < 1.29 is 9.59 Å². The number of aryl methyl sites for hydroxylation is 1. The molecule has 1 aliphatic heterocycles. The van der Waals surface area contributed by atoms with Crippen molar-refractivity contribution in [1.29, 1.82) is 0 Å². The van der Waals surface area contributed by atoms with E-state index in [1.54, 1.807) is 32.2 Å². The smallest absolute Gasteiger partial charge is 0.325 e. The molecule has 2 heterocycles. The minimum absolute atomic E-state index is 0.00676. The second-order valence-electron chi connectivity index (χ2n) is 6.26. The molecule has 6 nitrogen and oxygen atoms in total. The van der Waals surface area contributed by atoms with Crippen LogP contribution in [-0.2, 0) is 11.3 Å².